The first-order valence-corrected chi connectivity index (χ1v) is 9.69. The summed E-state index contributed by atoms with van der Waals surface area (Å²) in [6.45, 7) is 12.3. The van der Waals surface area contributed by atoms with Crippen LogP contribution in [0.5, 0.6) is 5.75 Å². The molecule has 1 saturated heterocycles. The molecular formula is C22H33NO4. The Kier molecular flexibility index (Phi) is 6.05. The Hall–Kier alpha value is -1.88. The van der Waals surface area contributed by atoms with Crippen LogP contribution in [0, 0.1) is 0 Å². The molecule has 1 heterocycles. The molecule has 5 heteroatoms. The zero-order valence-corrected chi connectivity index (χ0v) is 17.4. The highest BCUT2D eigenvalue weighted by atomic mass is 16.3. The molecule has 1 atom stereocenters. The van der Waals surface area contributed by atoms with Crippen LogP contribution in [0.3, 0.4) is 0 Å². The molecule has 1 aromatic carbocycles. The number of hydrogen-bond donors (Lipinski definition) is 2. The molecule has 1 unspecified atom stereocenters. The van der Waals surface area contributed by atoms with E-state index in [1.165, 1.54) is 4.90 Å². The average molecular weight is 376 g/mol. The van der Waals surface area contributed by atoms with E-state index in [9.17, 15) is 19.8 Å². The van der Waals surface area contributed by atoms with Gasteiger partial charge in [0.1, 0.15) is 5.75 Å². The first kappa shape index (κ1) is 21.4. The lowest BCUT2D eigenvalue weighted by Crippen LogP contribution is -2.44. The number of rotatable bonds is 4. The number of amides is 2. The van der Waals surface area contributed by atoms with Crippen LogP contribution >= 0.6 is 0 Å². The largest absolute Gasteiger partial charge is 0.507 e. The van der Waals surface area contributed by atoms with Gasteiger partial charge < -0.3 is 10.2 Å². The molecule has 1 aliphatic rings. The molecule has 0 saturated carbocycles. The molecule has 2 amide bonds. The Morgan fingerprint density at radius 2 is 1.41 bits per heavy atom. The Morgan fingerprint density at radius 3 is 1.81 bits per heavy atom. The highest BCUT2D eigenvalue weighted by Gasteiger charge is 2.29. The van der Waals surface area contributed by atoms with E-state index in [0.29, 0.717) is 31.4 Å². The van der Waals surface area contributed by atoms with Gasteiger partial charge in [-0.2, -0.15) is 0 Å². The van der Waals surface area contributed by atoms with Crippen LogP contribution in [0.25, 0.3) is 0 Å². The van der Waals surface area contributed by atoms with Gasteiger partial charge >= 0.3 is 0 Å². The number of phenols is 1. The molecule has 0 aromatic heterocycles. The van der Waals surface area contributed by atoms with Crippen LogP contribution in [0.4, 0.5) is 0 Å². The summed E-state index contributed by atoms with van der Waals surface area (Å²) in [6.07, 6.45) is 0.802. The summed E-state index contributed by atoms with van der Waals surface area (Å²) < 4.78 is 0. The average Bonchev–Trinajstić information content (AvgIpc) is 2.50. The number of aromatic hydroxyl groups is 1. The van der Waals surface area contributed by atoms with Crippen LogP contribution in [0.15, 0.2) is 12.1 Å². The maximum absolute atomic E-state index is 12.0. The highest BCUT2D eigenvalue weighted by molar-refractivity contribution is 5.97. The molecule has 150 valence electrons. The highest BCUT2D eigenvalue weighted by Crippen LogP contribution is 2.40. The summed E-state index contributed by atoms with van der Waals surface area (Å²) in [7, 11) is 0. The van der Waals surface area contributed by atoms with E-state index < -0.39 is 6.10 Å². The first-order chi connectivity index (χ1) is 12.3. The summed E-state index contributed by atoms with van der Waals surface area (Å²) in [6, 6.07) is 3.85. The van der Waals surface area contributed by atoms with Crippen LogP contribution in [-0.4, -0.2) is 39.6 Å². The third kappa shape index (κ3) is 5.10. The SMILES string of the molecule is CC(C)(C)c1cc(CC(O)CN2C(=O)CCCC2=O)cc(C(C)(C)C)c1O. The minimum absolute atomic E-state index is 0.0221. The smallest absolute Gasteiger partial charge is 0.229 e. The quantitative estimate of drug-likeness (QED) is 0.791. The number of nitrogens with zero attached hydrogens (tertiary/aromatic N) is 1. The van der Waals surface area contributed by atoms with E-state index in [-0.39, 0.29) is 29.2 Å². The van der Waals surface area contributed by atoms with Crippen molar-refractivity contribution < 1.29 is 19.8 Å². The fourth-order valence-electron chi connectivity index (χ4n) is 3.51. The van der Waals surface area contributed by atoms with Crippen molar-refractivity contribution in [2.45, 2.75) is 84.2 Å². The Morgan fingerprint density at radius 1 is 0.963 bits per heavy atom. The van der Waals surface area contributed by atoms with Gasteiger partial charge in [-0.3, -0.25) is 14.5 Å². The van der Waals surface area contributed by atoms with Crippen molar-refractivity contribution in [1.82, 2.24) is 4.90 Å². The van der Waals surface area contributed by atoms with Gasteiger partial charge in [-0.1, -0.05) is 53.7 Å². The molecule has 5 nitrogen and oxygen atoms in total. The number of β-amino-alcohol motifs (C(OH)–C–C–N with tert-alkyl or cyclic N) is 1. The summed E-state index contributed by atoms with van der Waals surface area (Å²) in [5, 5.41) is 21.3. The Bertz CT molecular complexity index is 674. The maximum Gasteiger partial charge on any atom is 0.229 e. The summed E-state index contributed by atoms with van der Waals surface area (Å²) in [4.78, 5) is 25.1. The van der Waals surface area contributed by atoms with Gasteiger partial charge in [-0.05, 0) is 33.9 Å². The van der Waals surface area contributed by atoms with Crippen LogP contribution < -0.4 is 0 Å². The fourth-order valence-corrected chi connectivity index (χ4v) is 3.51. The third-order valence-corrected chi connectivity index (χ3v) is 5.03. The van der Waals surface area contributed by atoms with E-state index >= 15 is 0 Å². The van der Waals surface area contributed by atoms with Crippen molar-refractivity contribution in [3.8, 4) is 5.75 Å². The van der Waals surface area contributed by atoms with Gasteiger partial charge in [0.25, 0.3) is 0 Å². The molecule has 0 spiro atoms. The fraction of sp³-hybridized carbons (Fsp3) is 0.636. The molecule has 1 fully saturated rings. The predicted molar refractivity (Wildman–Crippen MR) is 106 cm³/mol. The second-order valence-corrected chi connectivity index (χ2v) is 9.65. The van der Waals surface area contributed by atoms with Crippen LogP contribution in [0.2, 0.25) is 0 Å². The van der Waals surface area contributed by atoms with Crippen molar-refractivity contribution in [2.24, 2.45) is 0 Å². The van der Waals surface area contributed by atoms with E-state index in [1.807, 2.05) is 53.7 Å². The van der Waals surface area contributed by atoms with E-state index in [4.69, 9.17) is 0 Å². The molecule has 2 rings (SSSR count). The number of imide groups is 1. The minimum atomic E-state index is -0.832. The molecule has 1 aromatic rings. The lowest BCUT2D eigenvalue weighted by atomic mass is 9.78. The van der Waals surface area contributed by atoms with Crippen molar-refractivity contribution in [3.05, 3.63) is 28.8 Å². The second-order valence-electron chi connectivity index (χ2n) is 9.65. The Balaban J connectivity index is 2.29. The minimum Gasteiger partial charge on any atom is -0.507 e. The van der Waals surface area contributed by atoms with Crippen molar-refractivity contribution in [2.75, 3.05) is 6.54 Å². The number of carbonyl (C=O) groups is 2. The predicted octanol–water partition coefficient (Wildman–Crippen LogP) is 3.43. The molecular weight excluding hydrogens is 342 g/mol. The third-order valence-electron chi connectivity index (χ3n) is 5.03. The molecule has 0 aliphatic carbocycles. The zero-order valence-electron chi connectivity index (χ0n) is 17.4. The standard InChI is InChI=1S/C22H33NO4/c1-21(2,3)16-11-14(12-17(20(16)27)22(4,5)6)10-15(24)13-23-18(25)8-7-9-19(23)26/h11-12,15,24,27H,7-10,13H2,1-6H3. The second kappa shape index (κ2) is 7.63. The molecule has 1 aliphatic heterocycles. The number of benzene rings is 1. The first-order valence-electron chi connectivity index (χ1n) is 9.69. The van der Waals surface area contributed by atoms with E-state index in [0.717, 1.165) is 16.7 Å². The maximum atomic E-state index is 12.0. The number of aliphatic hydroxyl groups is 1. The van der Waals surface area contributed by atoms with Gasteiger partial charge in [0.05, 0.1) is 12.6 Å². The summed E-state index contributed by atoms with van der Waals surface area (Å²) in [5.41, 5.74) is 2.07. The topological polar surface area (TPSA) is 77.8 Å². The van der Waals surface area contributed by atoms with Gasteiger partial charge in [0.15, 0.2) is 0 Å². The van der Waals surface area contributed by atoms with E-state index in [2.05, 4.69) is 0 Å². The number of likely N-dealkylation sites (tertiary alicyclic amines) is 1. The summed E-state index contributed by atoms with van der Waals surface area (Å²) in [5.74, 6) is -0.113. The zero-order chi connectivity index (χ0) is 20.6. The van der Waals surface area contributed by atoms with Crippen LogP contribution in [0.1, 0.15) is 77.5 Å². The van der Waals surface area contributed by atoms with Gasteiger partial charge in [-0.25, -0.2) is 0 Å². The normalized spacial score (nSPS) is 17.4. The number of phenolic OH excluding ortho intramolecular Hbond substituents is 1. The molecule has 0 radical (unpaired) electrons. The lowest BCUT2D eigenvalue weighted by Gasteiger charge is -2.29. The Labute approximate surface area is 162 Å². The van der Waals surface area contributed by atoms with Gasteiger partial charge in [0, 0.05) is 19.3 Å². The van der Waals surface area contributed by atoms with Crippen molar-refractivity contribution in [1.29, 1.82) is 0 Å². The molecule has 0 bridgehead atoms. The summed E-state index contributed by atoms with van der Waals surface area (Å²) >= 11 is 0. The van der Waals surface area contributed by atoms with Gasteiger partial charge in [0.2, 0.25) is 11.8 Å². The van der Waals surface area contributed by atoms with Crippen molar-refractivity contribution in [3.63, 3.8) is 0 Å². The number of hydrogen-bond acceptors (Lipinski definition) is 4. The van der Waals surface area contributed by atoms with Crippen molar-refractivity contribution >= 4 is 11.8 Å². The molecule has 2 N–H and O–H groups in total. The monoisotopic (exact) mass is 375 g/mol. The number of aliphatic hydroxyl groups excluding tert-OH is 1. The molecule has 27 heavy (non-hydrogen) atoms. The van der Waals surface area contributed by atoms with Crippen LogP contribution in [-0.2, 0) is 26.8 Å². The number of carbonyl (C=O) groups excluding carboxylic acids is 2. The van der Waals surface area contributed by atoms with E-state index in [1.54, 1.807) is 0 Å². The number of piperidine rings is 1. The van der Waals surface area contributed by atoms with Gasteiger partial charge in [-0.15, -0.1) is 0 Å². The lowest BCUT2D eigenvalue weighted by molar-refractivity contribution is -0.149.